The Balaban J connectivity index is 2.48. The third-order valence-electron chi connectivity index (χ3n) is 1.96. The predicted molar refractivity (Wildman–Crippen MR) is 60.7 cm³/mol. The Kier molecular flexibility index (Phi) is 2.73. The van der Waals surface area contributed by atoms with Crippen LogP contribution in [-0.4, -0.2) is 21.9 Å². The van der Waals surface area contributed by atoms with Crippen LogP contribution in [-0.2, 0) is 7.05 Å². The van der Waals surface area contributed by atoms with Gasteiger partial charge in [-0.2, -0.15) is 5.10 Å². The Bertz CT molecular complexity index is 481. The van der Waals surface area contributed by atoms with Crippen molar-refractivity contribution >= 4 is 15.9 Å². The van der Waals surface area contributed by atoms with Crippen molar-refractivity contribution in [3.8, 4) is 17.1 Å². The minimum atomic E-state index is 0.692. The van der Waals surface area contributed by atoms with Gasteiger partial charge in [0.15, 0.2) is 5.82 Å². The monoisotopic (exact) mass is 267 g/mol. The number of nitrogens with zero attached hydrogens (tertiary/aromatic N) is 3. The minimum Gasteiger partial charge on any atom is -0.497 e. The molecule has 78 valence electrons. The predicted octanol–water partition coefficient (Wildman–Crippen LogP) is 2.25. The van der Waals surface area contributed by atoms with Crippen molar-refractivity contribution in [2.45, 2.75) is 0 Å². The lowest BCUT2D eigenvalue weighted by molar-refractivity contribution is 0.414. The van der Waals surface area contributed by atoms with E-state index in [0.29, 0.717) is 5.82 Å². The first-order valence-corrected chi connectivity index (χ1v) is 5.19. The van der Waals surface area contributed by atoms with Gasteiger partial charge in [-0.1, -0.05) is 15.9 Å². The van der Waals surface area contributed by atoms with Crippen molar-refractivity contribution < 1.29 is 4.74 Å². The SMILES string of the molecule is COc1cc(Br)cc(-c2ncn(C)n2)c1. The van der Waals surface area contributed by atoms with Gasteiger partial charge in [-0.15, -0.1) is 0 Å². The lowest BCUT2D eigenvalue weighted by Gasteiger charge is -2.02. The van der Waals surface area contributed by atoms with Crippen molar-refractivity contribution in [1.29, 1.82) is 0 Å². The number of ether oxygens (including phenoxy) is 1. The van der Waals surface area contributed by atoms with E-state index in [4.69, 9.17) is 4.74 Å². The molecule has 0 fully saturated rings. The second-order valence-corrected chi connectivity index (χ2v) is 4.04. The molecule has 1 aromatic heterocycles. The molecule has 0 spiro atoms. The summed E-state index contributed by atoms with van der Waals surface area (Å²) in [4.78, 5) is 4.18. The van der Waals surface area contributed by atoms with Crippen LogP contribution in [0.4, 0.5) is 0 Å². The van der Waals surface area contributed by atoms with Gasteiger partial charge in [0.25, 0.3) is 0 Å². The van der Waals surface area contributed by atoms with Crippen molar-refractivity contribution in [2.75, 3.05) is 7.11 Å². The molecule has 1 heterocycles. The molecule has 0 amide bonds. The van der Waals surface area contributed by atoms with Gasteiger partial charge in [-0.25, -0.2) is 4.98 Å². The molecular formula is C10H10BrN3O. The third-order valence-corrected chi connectivity index (χ3v) is 2.42. The van der Waals surface area contributed by atoms with Gasteiger partial charge in [0, 0.05) is 17.1 Å². The second-order valence-electron chi connectivity index (χ2n) is 3.12. The summed E-state index contributed by atoms with van der Waals surface area (Å²) in [6, 6.07) is 5.75. The largest absolute Gasteiger partial charge is 0.497 e. The number of rotatable bonds is 2. The highest BCUT2D eigenvalue weighted by atomic mass is 79.9. The molecule has 0 saturated carbocycles. The van der Waals surface area contributed by atoms with E-state index < -0.39 is 0 Å². The van der Waals surface area contributed by atoms with Crippen LogP contribution in [0.25, 0.3) is 11.4 Å². The van der Waals surface area contributed by atoms with Crippen LogP contribution in [0.2, 0.25) is 0 Å². The van der Waals surface area contributed by atoms with Crippen molar-refractivity contribution in [3.63, 3.8) is 0 Å². The summed E-state index contributed by atoms with van der Waals surface area (Å²) in [6.45, 7) is 0. The van der Waals surface area contributed by atoms with Crippen LogP contribution in [0.1, 0.15) is 0 Å². The molecule has 1 aromatic carbocycles. The Morgan fingerprint density at radius 3 is 2.73 bits per heavy atom. The van der Waals surface area contributed by atoms with Crippen LogP contribution in [0.5, 0.6) is 5.75 Å². The van der Waals surface area contributed by atoms with Gasteiger partial charge in [-0.05, 0) is 18.2 Å². The molecule has 0 N–H and O–H groups in total. The van der Waals surface area contributed by atoms with Crippen molar-refractivity contribution in [3.05, 3.63) is 29.0 Å². The highest BCUT2D eigenvalue weighted by Gasteiger charge is 2.05. The summed E-state index contributed by atoms with van der Waals surface area (Å²) in [5.41, 5.74) is 0.932. The Morgan fingerprint density at radius 1 is 1.33 bits per heavy atom. The lowest BCUT2D eigenvalue weighted by atomic mass is 10.2. The van der Waals surface area contributed by atoms with E-state index >= 15 is 0 Å². The first-order chi connectivity index (χ1) is 7.19. The normalized spacial score (nSPS) is 10.3. The molecule has 0 aliphatic heterocycles. The molecule has 0 aliphatic carbocycles. The summed E-state index contributed by atoms with van der Waals surface area (Å²) < 4.78 is 7.79. The second kappa shape index (κ2) is 4.02. The smallest absolute Gasteiger partial charge is 0.181 e. The number of aromatic nitrogens is 3. The van der Waals surface area contributed by atoms with E-state index in [1.807, 2.05) is 25.2 Å². The summed E-state index contributed by atoms with van der Waals surface area (Å²) in [5, 5.41) is 4.23. The summed E-state index contributed by atoms with van der Waals surface area (Å²) in [5.74, 6) is 1.48. The zero-order valence-corrected chi connectivity index (χ0v) is 10.0. The topological polar surface area (TPSA) is 39.9 Å². The Morgan fingerprint density at radius 2 is 2.13 bits per heavy atom. The summed E-state index contributed by atoms with van der Waals surface area (Å²) in [7, 11) is 3.48. The molecular weight excluding hydrogens is 258 g/mol. The van der Waals surface area contributed by atoms with Crippen molar-refractivity contribution in [1.82, 2.24) is 14.8 Å². The molecule has 15 heavy (non-hydrogen) atoms. The molecule has 0 bridgehead atoms. The average Bonchev–Trinajstić information content (AvgIpc) is 2.64. The van der Waals surface area contributed by atoms with E-state index in [2.05, 4.69) is 26.0 Å². The quantitative estimate of drug-likeness (QED) is 0.838. The van der Waals surface area contributed by atoms with Gasteiger partial charge in [0.1, 0.15) is 12.1 Å². The number of halogens is 1. The van der Waals surface area contributed by atoms with Gasteiger partial charge >= 0.3 is 0 Å². The molecule has 0 atom stereocenters. The molecule has 2 aromatic rings. The lowest BCUT2D eigenvalue weighted by Crippen LogP contribution is -1.89. The van der Waals surface area contributed by atoms with Gasteiger partial charge in [-0.3, -0.25) is 4.68 Å². The fourth-order valence-electron chi connectivity index (χ4n) is 1.28. The molecule has 2 rings (SSSR count). The van der Waals surface area contributed by atoms with Crippen LogP contribution in [0.3, 0.4) is 0 Å². The third kappa shape index (κ3) is 2.18. The van der Waals surface area contributed by atoms with Crippen LogP contribution in [0, 0.1) is 0 Å². The minimum absolute atomic E-state index is 0.692. The zero-order valence-electron chi connectivity index (χ0n) is 8.44. The van der Waals surface area contributed by atoms with Gasteiger partial charge < -0.3 is 4.74 Å². The standard InChI is InChI=1S/C10H10BrN3O/c1-14-6-12-10(13-14)7-3-8(11)5-9(4-7)15-2/h3-6H,1-2H3. The Labute approximate surface area is 96.0 Å². The maximum Gasteiger partial charge on any atom is 0.181 e. The zero-order chi connectivity index (χ0) is 10.8. The first-order valence-electron chi connectivity index (χ1n) is 4.39. The number of hydrogen-bond donors (Lipinski definition) is 0. The fourth-order valence-corrected chi connectivity index (χ4v) is 1.75. The number of aryl methyl sites for hydroxylation is 1. The molecule has 5 heteroatoms. The first kappa shape index (κ1) is 10.2. The summed E-state index contributed by atoms with van der Waals surface area (Å²) in [6.07, 6.45) is 1.67. The van der Waals surface area contributed by atoms with E-state index in [-0.39, 0.29) is 0 Å². The van der Waals surface area contributed by atoms with E-state index in [9.17, 15) is 0 Å². The van der Waals surface area contributed by atoms with Crippen LogP contribution in [0.15, 0.2) is 29.0 Å². The molecule has 4 nitrogen and oxygen atoms in total. The molecule has 0 aliphatic rings. The van der Waals surface area contributed by atoms with Gasteiger partial charge in [0.05, 0.1) is 7.11 Å². The fraction of sp³-hybridized carbons (Fsp3) is 0.200. The van der Waals surface area contributed by atoms with Crippen LogP contribution >= 0.6 is 15.9 Å². The molecule has 0 saturated heterocycles. The van der Waals surface area contributed by atoms with E-state index in [1.54, 1.807) is 18.1 Å². The van der Waals surface area contributed by atoms with E-state index in [0.717, 1.165) is 15.8 Å². The van der Waals surface area contributed by atoms with Crippen LogP contribution < -0.4 is 4.74 Å². The maximum absolute atomic E-state index is 5.17. The van der Waals surface area contributed by atoms with Gasteiger partial charge in [0.2, 0.25) is 0 Å². The van der Waals surface area contributed by atoms with Crippen molar-refractivity contribution in [2.24, 2.45) is 7.05 Å². The molecule has 0 unspecified atom stereocenters. The highest BCUT2D eigenvalue weighted by molar-refractivity contribution is 9.10. The van der Waals surface area contributed by atoms with E-state index in [1.165, 1.54) is 0 Å². The Hall–Kier alpha value is -1.36. The number of benzene rings is 1. The average molecular weight is 268 g/mol. The molecule has 0 radical (unpaired) electrons. The summed E-state index contributed by atoms with van der Waals surface area (Å²) >= 11 is 3.42. The number of hydrogen-bond acceptors (Lipinski definition) is 3. The highest BCUT2D eigenvalue weighted by Crippen LogP contribution is 2.26. The maximum atomic E-state index is 5.17. The number of methoxy groups -OCH3 is 1.